The lowest BCUT2D eigenvalue weighted by Gasteiger charge is -2.23. The molecular weight excluding hydrogens is 408 g/mol. The van der Waals surface area contributed by atoms with Crippen molar-refractivity contribution < 1.29 is 13.2 Å². The summed E-state index contributed by atoms with van der Waals surface area (Å²) in [5, 5.41) is 2.86. The Kier molecular flexibility index (Phi) is 5.35. The van der Waals surface area contributed by atoms with E-state index in [1.54, 1.807) is 59.4 Å². The number of nitrogens with one attached hydrogen (secondary N) is 2. The highest BCUT2D eigenvalue weighted by atomic mass is 32.2. The molecule has 9 heteroatoms. The van der Waals surface area contributed by atoms with Gasteiger partial charge in [-0.25, -0.2) is 8.42 Å². The zero-order valence-electron chi connectivity index (χ0n) is 15.5. The van der Waals surface area contributed by atoms with Gasteiger partial charge in [-0.2, -0.15) is 4.31 Å². The number of sulfonamides is 1. The van der Waals surface area contributed by atoms with E-state index >= 15 is 0 Å². The molecule has 0 saturated carbocycles. The quantitative estimate of drug-likeness (QED) is 0.611. The summed E-state index contributed by atoms with van der Waals surface area (Å²) in [6.07, 6.45) is 4.66. The number of aromatic nitrogens is 2. The molecule has 4 rings (SSSR count). The monoisotopic (exact) mass is 428 g/mol. The molecule has 0 aliphatic carbocycles. The molecule has 1 aliphatic rings. The first kappa shape index (κ1) is 19.6. The number of carbonyl (C=O) groups excluding carboxylic acids is 1. The second-order valence-electron chi connectivity index (χ2n) is 6.76. The van der Waals surface area contributed by atoms with Crippen molar-refractivity contribution in [2.45, 2.75) is 23.8 Å². The van der Waals surface area contributed by atoms with Crippen LogP contribution in [-0.2, 0) is 14.8 Å². The first-order valence-electron chi connectivity index (χ1n) is 9.21. The van der Waals surface area contributed by atoms with Crippen LogP contribution in [0.5, 0.6) is 0 Å². The molecule has 0 radical (unpaired) electrons. The third-order valence-electron chi connectivity index (χ3n) is 4.90. The average Bonchev–Trinajstić information content (AvgIpc) is 3.38. The zero-order chi connectivity index (χ0) is 20.4. The van der Waals surface area contributed by atoms with Gasteiger partial charge in [0, 0.05) is 30.3 Å². The molecule has 29 heavy (non-hydrogen) atoms. The molecule has 0 bridgehead atoms. The van der Waals surface area contributed by atoms with E-state index in [1.807, 2.05) is 12.1 Å². The maximum Gasteiger partial charge on any atom is 0.243 e. The summed E-state index contributed by atoms with van der Waals surface area (Å²) in [6, 6.07) is 14.7. The van der Waals surface area contributed by atoms with Gasteiger partial charge in [0.2, 0.25) is 15.9 Å². The van der Waals surface area contributed by atoms with Gasteiger partial charge in [0.05, 0.1) is 4.90 Å². The number of hydrogen-bond acceptors (Lipinski definition) is 4. The fourth-order valence-electron chi connectivity index (χ4n) is 3.50. The Bertz CT molecular complexity index is 1190. The predicted molar refractivity (Wildman–Crippen MR) is 113 cm³/mol. The second kappa shape index (κ2) is 7.94. The Morgan fingerprint density at radius 1 is 1.14 bits per heavy atom. The minimum Gasteiger partial charge on any atom is -0.337 e. The lowest BCUT2D eigenvalue weighted by atomic mass is 10.2. The fourth-order valence-corrected chi connectivity index (χ4v) is 5.41. The van der Waals surface area contributed by atoms with Gasteiger partial charge in [0.1, 0.15) is 6.04 Å². The number of aromatic amines is 1. The second-order valence-corrected chi connectivity index (χ2v) is 9.04. The number of rotatable bonds is 5. The first-order chi connectivity index (χ1) is 14.0. The van der Waals surface area contributed by atoms with Crippen LogP contribution < -0.4 is 5.32 Å². The molecule has 1 fully saturated rings. The van der Waals surface area contributed by atoms with Crippen LogP contribution in [0.1, 0.15) is 12.8 Å². The number of anilines is 1. The van der Waals surface area contributed by atoms with Gasteiger partial charge in [-0.3, -0.25) is 9.36 Å². The minimum absolute atomic E-state index is 0.198. The molecule has 7 nitrogen and oxygen atoms in total. The number of carbonyl (C=O) groups is 1. The SMILES string of the molecule is O=C(Nc1cccc(-n2cc[nH]c2=S)c1)C1CCCN1S(=O)(=O)c1ccccc1. The van der Waals surface area contributed by atoms with Crippen LogP contribution in [-0.4, -0.2) is 40.8 Å². The number of nitrogens with zero attached hydrogens (tertiary/aromatic N) is 2. The lowest BCUT2D eigenvalue weighted by Crippen LogP contribution is -2.43. The topological polar surface area (TPSA) is 87.2 Å². The van der Waals surface area contributed by atoms with Crippen LogP contribution >= 0.6 is 12.2 Å². The Morgan fingerprint density at radius 2 is 1.93 bits per heavy atom. The molecule has 2 N–H and O–H groups in total. The molecule has 150 valence electrons. The van der Waals surface area contributed by atoms with Gasteiger partial charge in [0.25, 0.3) is 0 Å². The van der Waals surface area contributed by atoms with Crippen molar-refractivity contribution in [2.24, 2.45) is 0 Å². The van der Waals surface area contributed by atoms with Crippen molar-refractivity contribution in [2.75, 3.05) is 11.9 Å². The standard InChI is InChI=1S/C20H20N4O3S2/c25-19(22-15-6-4-7-16(14-15)23-13-11-21-20(23)28)18-10-5-12-24(18)29(26,27)17-8-2-1-3-9-17/h1-4,6-9,11,13-14,18H,5,10,12H2,(H,21,28)(H,22,25). The fraction of sp³-hybridized carbons (Fsp3) is 0.200. The number of imidazole rings is 1. The molecule has 1 amide bonds. The summed E-state index contributed by atoms with van der Waals surface area (Å²) >= 11 is 5.24. The van der Waals surface area contributed by atoms with Gasteiger partial charge in [-0.15, -0.1) is 0 Å². The largest absolute Gasteiger partial charge is 0.337 e. The van der Waals surface area contributed by atoms with Crippen molar-refractivity contribution in [3.8, 4) is 5.69 Å². The summed E-state index contributed by atoms with van der Waals surface area (Å²) in [5.41, 5.74) is 1.38. The molecule has 0 spiro atoms. The van der Waals surface area contributed by atoms with E-state index in [2.05, 4.69) is 10.3 Å². The van der Waals surface area contributed by atoms with Crippen LogP contribution in [0.25, 0.3) is 5.69 Å². The third-order valence-corrected chi connectivity index (χ3v) is 7.13. The van der Waals surface area contributed by atoms with Gasteiger partial charge >= 0.3 is 0 Å². The minimum atomic E-state index is -3.72. The Hall–Kier alpha value is -2.75. The van der Waals surface area contributed by atoms with E-state index in [-0.39, 0.29) is 10.8 Å². The van der Waals surface area contributed by atoms with Crippen LogP contribution in [0.3, 0.4) is 0 Å². The number of amides is 1. The lowest BCUT2D eigenvalue weighted by molar-refractivity contribution is -0.119. The molecule has 2 heterocycles. The highest BCUT2D eigenvalue weighted by Crippen LogP contribution is 2.27. The van der Waals surface area contributed by atoms with E-state index in [4.69, 9.17) is 12.2 Å². The van der Waals surface area contributed by atoms with E-state index in [0.29, 0.717) is 29.8 Å². The van der Waals surface area contributed by atoms with Crippen LogP contribution in [0, 0.1) is 4.77 Å². The maximum atomic E-state index is 13.0. The summed E-state index contributed by atoms with van der Waals surface area (Å²) in [4.78, 5) is 16.0. The molecule has 1 saturated heterocycles. The van der Waals surface area contributed by atoms with Gasteiger partial charge in [-0.1, -0.05) is 24.3 Å². The maximum absolute atomic E-state index is 13.0. The molecule has 1 aromatic heterocycles. The Labute approximate surface area is 174 Å². The molecule has 1 aliphatic heterocycles. The summed E-state index contributed by atoms with van der Waals surface area (Å²) in [5.74, 6) is -0.336. The molecule has 1 atom stereocenters. The van der Waals surface area contributed by atoms with E-state index < -0.39 is 16.1 Å². The highest BCUT2D eigenvalue weighted by molar-refractivity contribution is 7.89. The molecule has 3 aromatic rings. The van der Waals surface area contributed by atoms with Crippen molar-refractivity contribution in [1.29, 1.82) is 0 Å². The van der Waals surface area contributed by atoms with E-state index in [0.717, 1.165) is 5.69 Å². The van der Waals surface area contributed by atoms with Crippen molar-refractivity contribution in [1.82, 2.24) is 13.9 Å². The molecule has 1 unspecified atom stereocenters. The normalized spacial score (nSPS) is 17.3. The Balaban J connectivity index is 1.56. The predicted octanol–water partition coefficient (Wildman–Crippen LogP) is 3.33. The molecule has 2 aromatic carbocycles. The highest BCUT2D eigenvalue weighted by Gasteiger charge is 2.39. The third kappa shape index (κ3) is 3.89. The Morgan fingerprint density at radius 3 is 2.66 bits per heavy atom. The summed E-state index contributed by atoms with van der Waals surface area (Å²) in [7, 11) is -3.72. The van der Waals surface area contributed by atoms with Crippen molar-refractivity contribution in [3.05, 3.63) is 71.8 Å². The first-order valence-corrected chi connectivity index (χ1v) is 11.1. The van der Waals surface area contributed by atoms with E-state index in [1.165, 1.54) is 4.31 Å². The number of hydrogen-bond donors (Lipinski definition) is 2. The smallest absolute Gasteiger partial charge is 0.243 e. The van der Waals surface area contributed by atoms with Gasteiger partial charge < -0.3 is 10.3 Å². The summed E-state index contributed by atoms with van der Waals surface area (Å²) < 4.78 is 29.6. The van der Waals surface area contributed by atoms with Gasteiger partial charge in [0.15, 0.2) is 4.77 Å². The number of H-pyrrole nitrogens is 1. The van der Waals surface area contributed by atoms with Gasteiger partial charge in [-0.05, 0) is 55.4 Å². The summed E-state index contributed by atoms with van der Waals surface area (Å²) in [6.45, 7) is 0.327. The number of benzene rings is 2. The van der Waals surface area contributed by atoms with Crippen LogP contribution in [0.15, 0.2) is 71.9 Å². The average molecular weight is 429 g/mol. The van der Waals surface area contributed by atoms with Crippen molar-refractivity contribution in [3.63, 3.8) is 0 Å². The van der Waals surface area contributed by atoms with Crippen LogP contribution in [0.2, 0.25) is 0 Å². The zero-order valence-corrected chi connectivity index (χ0v) is 17.1. The van der Waals surface area contributed by atoms with Crippen molar-refractivity contribution >= 4 is 33.8 Å². The van der Waals surface area contributed by atoms with E-state index in [9.17, 15) is 13.2 Å². The molecular formula is C20H20N4O3S2. The van der Waals surface area contributed by atoms with Crippen LogP contribution in [0.4, 0.5) is 5.69 Å².